The van der Waals surface area contributed by atoms with E-state index in [1.807, 2.05) is 12.1 Å². The molecule has 1 aromatic heterocycles. The van der Waals surface area contributed by atoms with Crippen molar-refractivity contribution in [1.82, 2.24) is 9.40 Å². The number of nitrogens with zero attached hydrogens (tertiary/aromatic N) is 2. The Bertz CT molecular complexity index is 286. The highest BCUT2D eigenvalue weighted by molar-refractivity contribution is 6.30. The molecule has 0 saturated carbocycles. The monoisotopic (exact) mass is 216 g/mol. The summed E-state index contributed by atoms with van der Waals surface area (Å²) in [7, 11) is 0. The second-order valence-corrected chi connectivity index (χ2v) is 4.17. The minimum atomic E-state index is 0.467. The second-order valence-electron chi connectivity index (χ2n) is 3.26. The Hall–Kier alpha value is -0.310. The summed E-state index contributed by atoms with van der Waals surface area (Å²) in [5.41, 5.74) is 1.09. The van der Waals surface area contributed by atoms with Gasteiger partial charge in [0.25, 0.3) is 0 Å². The highest BCUT2D eigenvalue weighted by Crippen LogP contribution is 2.26. The van der Waals surface area contributed by atoms with Crippen LogP contribution >= 0.6 is 23.4 Å². The zero-order valence-electron chi connectivity index (χ0n) is 7.08. The summed E-state index contributed by atoms with van der Waals surface area (Å²) in [4.78, 5) is 4.28. The van der Waals surface area contributed by atoms with Crippen LogP contribution in [0.15, 0.2) is 18.3 Å². The van der Waals surface area contributed by atoms with Crippen LogP contribution in [0.4, 0.5) is 0 Å². The normalized spacial score (nSPS) is 23.7. The molecule has 0 bridgehead atoms. The maximum absolute atomic E-state index is 5.87. The molecule has 13 heavy (non-hydrogen) atoms. The molecule has 1 aromatic rings. The van der Waals surface area contributed by atoms with Crippen LogP contribution in [0, 0.1) is 0 Å². The van der Waals surface area contributed by atoms with E-state index in [1.54, 1.807) is 10.6 Å². The third kappa shape index (κ3) is 2.13. The summed E-state index contributed by atoms with van der Waals surface area (Å²) in [5.74, 6) is 0.467. The molecule has 1 aliphatic rings. The molecule has 70 valence electrons. The summed E-state index contributed by atoms with van der Waals surface area (Å²) in [6.07, 6.45) is 2.77. The summed E-state index contributed by atoms with van der Waals surface area (Å²) in [6, 6.07) is 3.85. The average molecular weight is 217 g/mol. The van der Waals surface area contributed by atoms with E-state index in [0.717, 1.165) is 25.2 Å². The first-order chi connectivity index (χ1) is 6.25. The van der Waals surface area contributed by atoms with Gasteiger partial charge in [-0.05, 0) is 30.3 Å². The van der Waals surface area contributed by atoms with Crippen molar-refractivity contribution in [2.24, 2.45) is 0 Å². The fourth-order valence-electron chi connectivity index (χ4n) is 1.59. The topological polar surface area (TPSA) is 16.1 Å². The van der Waals surface area contributed by atoms with Crippen LogP contribution in [0.3, 0.4) is 0 Å². The predicted octanol–water partition coefficient (Wildman–Crippen LogP) is 2.68. The van der Waals surface area contributed by atoms with Gasteiger partial charge in [0.05, 0.1) is 5.02 Å². The molecule has 0 radical (unpaired) electrons. The maximum Gasteiger partial charge on any atom is 0.0589 e. The molecule has 2 rings (SSSR count). The van der Waals surface area contributed by atoms with Crippen molar-refractivity contribution in [3.8, 4) is 0 Å². The van der Waals surface area contributed by atoms with Gasteiger partial charge in [-0.3, -0.25) is 4.98 Å². The van der Waals surface area contributed by atoms with Crippen LogP contribution in [-0.4, -0.2) is 22.5 Å². The molecule has 2 heterocycles. The molecular weight excluding hydrogens is 207 g/mol. The molecule has 0 N–H and O–H groups in total. The summed E-state index contributed by atoms with van der Waals surface area (Å²) in [5, 5.41) is 0.685. The molecule has 1 fully saturated rings. The zero-order chi connectivity index (χ0) is 9.26. The highest BCUT2D eigenvalue weighted by Gasteiger charge is 2.23. The van der Waals surface area contributed by atoms with Gasteiger partial charge in [-0.2, -0.15) is 0 Å². The van der Waals surface area contributed by atoms with E-state index in [0.29, 0.717) is 10.9 Å². The molecule has 0 aliphatic carbocycles. The Morgan fingerprint density at radius 1 is 1.46 bits per heavy atom. The van der Waals surface area contributed by atoms with Crippen molar-refractivity contribution < 1.29 is 0 Å². The van der Waals surface area contributed by atoms with Gasteiger partial charge < -0.3 is 0 Å². The Balaban J connectivity index is 2.13. The third-order valence-electron chi connectivity index (χ3n) is 2.31. The zero-order valence-corrected chi connectivity index (χ0v) is 8.59. The molecule has 1 aliphatic heterocycles. The SMILES string of the molecule is Clc1ccc(C2CCN(Cl)C2)nc1. The van der Waals surface area contributed by atoms with Crippen LogP contribution in [0.25, 0.3) is 0 Å². The molecule has 4 heteroatoms. The van der Waals surface area contributed by atoms with E-state index in [1.165, 1.54) is 0 Å². The van der Waals surface area contributed by atoms with E-state index in [9.17, 15) is 0 Å². The summed E-state index contributed by atoms with van der Waals surface area (Å²) in [6.45, 7) is 1.83. The third-order valence-corrected chi connectivity index (χ3v) is 2.84. The largest absolute Gasteiger partial charge is 0.259 e. The minimum absolute atomic E-state index is 0.467. The molecule has 0 spiro atoms. The number of pyridine rings is 1. The van der Waals surface area contributed by atoms with E-state index in [4.69, 9.17) is 23.4 Å². The average Bonchev–Trinajstić information content (AvgIpc) is 2.53. The lowest BCUT2D eigenvalue weighted by atomic mass is 10.0. The molecule has 1 saturated heterocycles. The maximum atomic E-state index is 5.87. The molecule has 2 nitrogen and oxygen atoms in total. The van der Waals surface area contributed by atoms with Gasteiger partial charge in [0, 0.05) is 30.9 Å². The van der Waals surface area contributed by atoms with Crippen LogP contribution in [0.5, 0.6) is 0 Å². The number of hydrogen-bond acceptors (Lipinski definition) is 2. The summed E-state index contributed by atoms with van der Waals surface area (Å²) < 4.78 is 1.81. The van der Waals surface area contributed by atoms with Crippen LogP contribution < -0.4 is 0 Å². The number of aromatic nitrogens is 1. The quantitative estimate of drug-likeness (QED) is 0.672. The Morgan fingerprint density at radius 3 is 2.85 bits per heavy atom. The van der Waals surface area contributed by atoms with Crippen LogP contribution in [-0.2, 0) is 0 Å². The van der Waals surface area contributed by atoms with E-state index in [-0.39, 0.29) is 0 Å². The first-order valence-electron chi connectivity index (χ1n) is 4.28. The van der Waals surface area contributed by atoms with Crippen molar-refractivity contribution in [1.29, 1.82) is 0 Å². The van der Waals surface area contributed by atoms with E-state index in [2.05, 4.69) is 4.98 Å². The van der Waals surface area contributed by atoms with Crippen LogP contribution in [0.2, 0.25) is 5.02 Å². The van der Waals surface area contributed by atoms with Crippen molar-refractivity contribution in [2.45, 2.75) is 12.3 Å². The van der Waals surface area contributed by atoms with Gasteiger partial charge in [0.15, 0.2) is 0 Å². The number of halogens is 2. The standard InChI is InChI=1S/C9H10Cl2N2/c10-8-1-2-9(12-5-8)7-3-4-13(11)6-7/h1-2,5,7H,3-4,6H2. The first kappa shape index (κ1) is 9.25. The molecule has 0 amide bonds. The Kier molecular flexibility index (Phi) is 2.72. The Labute approximate surface area is 87.6 Å². The van der Waals surface area contributed by atoms with Gasteiger partial charge >= 0.3 is 0 Å². The first-order valence-corrected chi connectivity index (χ1v) is 4.99. The number of hydrogen-bond donors (Lipinski definition) is 0. The molecule has 1 unspecified atom stereocenters. The summed E-state index contributed by atoms with van der Waals surface area (Å²) >= 11 is 11.6. The number of rotatable bonds is 1. The lowest BCUT2D eigenvalue weighted by molar-refractivity contribution is 0.554. The van der Waals surface area contributed by atoms with Gasteiger partial charge in [0.1, 0.15) is 0 Å². The highest BCUT2D eigenvalue weighted by atomic mass is 35.5. The molecule has 0 aromatic carbocycles. The van der Waals surface area contributed by atoms with Crippen molar-refractivity contribution in [2.75, 3.05) is 13.1 Å². The van der Waals surface area contributed by atoms with Crippen LogP contribution in [0.1, 0.15) is 18.0 Å². The lowest BCUT2D eigenvalue weighted by Gasteiger charge is -2.07. The Morgan fingerprint density at radius 2 is 2.31 bits per heavy atom. The molecule has 1 atom stereocenters. The fraction of sp³-hybridized carbons (Fsp3) is 0.444. The van der Waals surface area contributed by atoms with Gasteiger partial charge in [-0.15, -0.1) is 0 Å². The smallest absolute Gasteiger partial charge is 0.0589 e. The van der Waals surface area contributed by atoms with Gasteiger partial charge in [0.2, 0.25) is 0 Å². The van der Waals surface area contributed by atoms with Crippen molar-refractivity contribution in [3.63, 3.8) is 0 Å². The van der Waals surface area contributed by atoms with Crippen molar-refractivity contribution >= 4 is 23.4 Å². The van der Waals surface area contributed by atoms with Gasteiger partial charge in [-0.1, -0.05) is 11.6 Å². The second kappa shape index (κ2) is 3.82. The molecular formula is C9H10Cl2N2. The van der Waals surface area contributed by atoms with Crippen molar-refractivity contribution in [3.05, 3.63) is 29.0 Å². The van der Waals surface area contributed by atoms with Gasteiger partial charge in [-0.25, -0.2) is 4.42 Å². The predicted molar refractivity (Wildman–Crippen MR) is 54.0 cm³/mol. The van der Waals surface area contributed by atoms with E-state index < -0.39 is 0 Å². The fourth-order valence-corrected chi connectivity index (χ4v) is 1.96. The van der Waals surface area contributed by atoms with E-state index >= 15 is 0 Å². The minimum Gasteiger partial charge on any atom is -0.259 e. The lowest BCUT2D eigenvalue weighted by Crippen LogP contribution is -2.07.